The zero-order chi connectivity index (χ0) is 22.5. The molecule has 0 saturated heterocycles. The lowest BCUT2D eigenvalue weighted by Crippen LogP contribution is -2.28. The minimum atomic E-state index is -0.424. The van der Waals surface area contributed by atoms with Crippen molar-refractivity contribution in [3.63, 3.8) is 0 Å². The quantitative estimate of drug-likeness (QED) is 0.483. The number of thioether (sulfide) groups is 1. The van der Waals surface area contributed by atoms with E-state index in [1.165, 1.54) is 17.8 Å². The molecule has 0 bridgehead atoms. The van der Waals surface area contributed by atoms with E-state index in [9.17, 15) is 9.59 Å². The van der Waals surface area contributed by atoms with E-state index in [4.69, 9.17) is 23.2 Å². The molecule has 0 aliphatic carbocycles. The van der Waals surface area contributed by atoms with Crippen molar-refractivity contribution in [1.29, 1.82) is 0 Å². The van der Waals surface area contributed by atoms with Gasteiger partial charge >= 0.3 is 0 Å². The van der Waals surface area contributed by atoms with Gasteiger partial charge < -0.3 is 15.2 Å². The summed E-state index contributed by atoms with van der Waals surface area (Å²) in [6, 6.07) is 11.8. The van der Waals surface area contributed by atoms with E-state index in [0.717, 1.165) is 11.3 Å². The van der Waals surface area contributed by atoms with Gasteiger partial charge in [-0.15, -0.1) is 10.2 Å². The number of halogens is 2. The summed E-state index contributed by atoms with van der Waals surface area (Å²) in [5.41, 5.74) is 2.10. The van der Waals surface area contributed by atoms with Crippen LogP contribution in [-0.4, -0.2) is 32.3 Å². The number of amides is 2. The Hall–Kier alpha value is -2.55. The van der Waals surface area contributed by atoms with E-state index >= 15 is 0 Å². The third-order valence-electron chi connectivity index (χ3n) is 4.53. The average molecular weight is 478 g/mol. The number of aryl methyl sites for hydroxylation is 1. The highest BCUT2D eigenvalue weighted by Crippen LogP contribution is 2.23. The van der Waals surface area contributed by atoms with Crippen molar-refractivity contribution in [3.8, 4) is 0 Å². The van der Waals surface area contributed by atoms with Crippen LogP contribution >= 0.6 is 35.0 Å². The first-order valence-electron chi connectivity index (χ1n) is 9.39. The van der Waals surface area contributed by atoms with Crippen LogP contribution in [0.25, 0.3) is 0 Å². The molecule has 10 heteroatoms. The van der Waals surface area contributed by atoms with Crippen LogP contribution in [0.3, 0.4) is 0 Å². The number of carbonyl (C=O) groups is 2. The molecule has 0 saturated carbocycles. The lowest BCUT2D eigenvalue weighted by atomic mass is 10.2. The minimum Gasteiger partial charge on any atom is -0.342 e. The number of rotatable bonds is 7. The lowest BCUT2D eigenvalue weighted by Gasteiger charge is -2.14. The molecule has 0 aliphatic rings. The zero-order valence-electron chi connectivity index (χ0n) is 17.1. The van der Waals surface area contributed by atoms with Gasteiger partial charge in [0.2, 0.25) is 5.91 Å². The number of hydrogen-bond acceptors (Lipinski definition) is 5. The van der Waals surface area contributed by atoms with Crippen molar-refractivity contribution in [2.75, 3.05) is 11.1 Å². The van der Waals surface area contributed by atoms with Crippen molar-refractivity contribution in [1.82, 2.24) is 20.1 Å². The first-order valence-corrected chi connectivity index (χ1v) is 11.1. The summed E-state index contributed by atoms with van der Waals surface area (Å²) in [5, 5.41) is 15.3. The van der Waals surface area contributed by atoms with Crippen LogP contribution in [0, 0.1) is 6.92 Å². The number of hydrogen-bond donors (Lipinski definition) is 2. The fraction of sp³-hybridized carbons (Fsp3) is 0.238. The van der Waals surface area contributed by atoms with Gasteiger partial charge in [0.1, 0.15) is 0 Å². The molecule has 0 aliphatic heterocycles. The first-order chi connectivity index (χ1) is 14.8. The second-order valence-corrected chi connectivity index (χ2v) is 8.66. The number of para-hydroxylation sites is 1. The molecule has 1 atom stereocenters. The molecule has 3 rings (SSSR count). The maximum atomic E-state index is 12.5. The fourth-order valence-electron chi connectivity index (χ4n) is 2.87. The van der Waals surface area contributed by atoms with E-state index < -0.39 is 6.04 Å². The minimum absolute atomic E-state index is 0.136. The van der Waals surface area contributed by atoms with Crippen molar-refractivity contribution >= 4 is 52.5 Å². The summed E-state index contributed by atoms with van der Waals surface area (Å²) in [6.45, 7) is 3.73. The highest BCUT2D eigenvalue weighted by molar-refractivity contribution is 7.99. The predicted octanol–water partition coefficient (Wildman–Crippen LogP) is 4.65. The zero-order valence-corrected chi connectivity index (χ0v) is 19.5. The summed E-state index contributed by atoms with van der Waals surface area (Å²) < 4.78 is 1.75. The van der Waals surface area contributed by atoms with Crippen LogP contribution in [0.2, 0.25) is 10.0 Å². The van der Waals surface area contributed by atoms with Gasteiger partial charge in [-0.2, -0.15) is 0 Å². The van der Waals surface area contributed by atoms with Crippen molar-refractivity contribution in [2.24, 2.45) is 7.05 Å². The SMILES string of the molecule is Cc1ccccc1NC(=O)CSc1nnc([C@H](C)NC(=O)c2ccc(Cl)cc2Cl)n1C. The van der Waals surface area contributed by atoms with Gasteiger partial charge in [-0.3, -0.25) is 9.59 Å². The Kier molecular flexibility index (Phi) is 7.59. The van der Waals surface area contributed by atoms with E-state index in [2.05, 4.69) is 20.8 Å². The molecule has 162 valence electrons. The highest BCUT2D eigenvalue weighted by atomic mass is 35.5. The monoisotopic (exact) mass is 477 g/mol. The van der Waals surface area contributed by atoms with E-state index in [0.29, 0.717) is 21.6 Å². The van der Waals surface area contributed by atoms with Crippen LogP contribution in [-0.2, 0) is 11.8 Å². The molecule has 2 amide bonds. The molecule has 1 aromatic heterocycles. The van der Waals surface area contributed by atoms with Gasteiger partial charge in [0, 0.05) is 17.8 Å². The molecule has 1 heterocycles. The molecular formula is C21H21Cl2N5O2S. The summed E-state index contributed by atoms with van der Waals surface area (Å²) in [5.74, 6) is 0.258. The Morgan fingerprint density at radius 2 is 1.90 bits per heavy atom. The van der Waals surface area contributed by atoms with Gasteiger partial charge in [0.25, 0.3) is 5.91 Å². The number of benzene rings is 2. The normalized spacial score (nSPS) is 11.8. The molecule has 3 aromatic rings. The van der Waals surface area contributed by atoms with Gasteiger partial charge in [-0.1, -0.05) is 53.2 Å². The second-order valence-electron chi connectivity index (χ2n) is 6.87. The maximum Gasteiger partial charge on any atom is 0.253 e. The van der Waals surface area contributed by atoms with E-state index in [1.807, 2.05) is 31.2 Å². The molecule has 0 radical (unpaired) electrons. The van der Waals surface area contributed by atoms with Crippen LogP contribution in [0.1, 0.15) is 34.7 Å². The fourth-order valence-corrected chi connectivity index (χ4v) is 4.08. The Labute approximate surface area is 194 Å². The maximum absolute atomic E-state index is 12.5. The Balaban J connectivity index is 1.60. The standard InChI is InChI=1S/C21H21Cl2N5O2S/c1-12-6-4-5-7-17(12)25-18(29)11-31-21-27-26-19(28(21)3)13(2)24-20(30)15-9-8-14(22)10-16(15)23/h4-10,13H,11H2,1-3H3,(H,24,30)(H,25,29)/t13-/m0/s1. The van der Waals surface area contributed by atoms with Gasteiger partial charge in [-0.05, 0) is 43.7 Å². The largest absolute Gasteiger partial charge is 0.342 e. The molecule has 7 nitrogen and oxygen atoms in total. The van der Waals surface area contributed by atoms with E-state index in [1.54, 1.807) is 30.7 Å². The molecule has 0 fully saturated rings. The van der Waals surface area contributed by atoms with Crippen LogP contribution in [0.5, 0.6) is 0 Å². The van der Waals surface area contributed by atoms with E-state index in [-0.39, 0.29) is 22.6 Å². The smallest absolute Gasteiger partial charge is 0.253 e. The van der Waals surface area contributed by atoms with Crippen LogP contribution < -0.4 is 10.6 Å². The molecule has 0 unspecified atom stereocenters. The molecular weight excluding hydrogens is 457 g/mol. The Morgan fingerprint density at radius 1 is 1.16 bits per heavy atom. The van der Waals surface area contributed by atoms with Crippen molar-refractivity contribution in [2.45, 2.75) is 25.0 Å². The predicted molar refractivity (Wildman–Crippen MR) is 124 cm³/mol. The summed E-state index contributed by atoms with van der Waals surface area (Å²) >= 11 is 13.3. The third kappa shape index (κ3) is 5.78. The summed E-state index contributed by atoms with van der Waals surface area (Å²) in [6.07, 6.45) is 0. The molecule has 2 N–H and O–H groups in total. The lowest BCUT2D eigenvalue weighted by molar-refractivity contribution is -0.113. The Bertz CT molecular complexity index is 1120. The topological polar surface area (TPSA) is 88.9 Å². The second kappa shape index (κ2) is 10.2. The number of nitrogens with zero attached hydrogens (tertiary/aromatic N) is 3. The number of aromatic nitrogens is 3. The number of nitrogens with one attached hydrogen (secondary N) is 2. The van der Waals surface area contributed by atoms with Gasteiger partial charge in [-0.25, -0.2) is 0 Å². The Morgan fingerprint density at radius 3 is 2.61 bits per heavy atom. The molecule has 0 spiro atoms. The first kappa shape index (κ1) is 23.1. The van der Waals surface area contributed by atoms with Gasteiger partial charge in [0.05, 0.1) is 22.4 Å². The van der Waals surface area contributed by atoms with Crippen LogP contribution in [0.15, 0.2) is 47.6 Å². The summed E-state index contributed by atoms with van der Waals surface area (Å²) in [7, 11) is 1.79. The van der Waals surface area contributed by atoms with Crippen molar-refractivity contribution in [3.05, 3.63) is 69.5 Å². The highest BCUT2D eigenvalue weighted by Gasteiger charge is 2.20. The molecule has 31 heavy (non-hydrogen) atoms. The average Bonchev–Trinajstić information content (AvgIpc) is 3.08. The van der Waals surface area contributed by atoms with Crippen LogP contribution in [0.4, 0.5) is 5.69 Å². The van der Waals surface area contributed by atoms with Crippen molar-refractivity contribution < 1.29 is 9.59 Å². The number of anilines is 1. The van der Waals surface area contributed by atoms with Gasteiger partial charge in [0.15, 0.2) is 11.0 Å². The molecule has 2 aromatic carbocycles. The number of carbonyl (C=O) groups excluding carboxylic acids is 2. The third-order valence-corrected chi connectivity index (χ3v) is 6.10. The summed E-state index contributed by atoms with van der Waals surface area (Å²) in [4.78, 5) is 24.8.